The number of rotatable bonds is 1. The topological polar surface area (TPSA) is 38.9 Å². The molecule has 0 aromatic carbocycles. The van der Waals surface area contributed by atoms with Crippen molar-refractivity contribution in [1.82, 2.24) is 4.98 Å². The summed E-state index contributed by atoms with van der Waals surface area (Å²) in [7, 11) is 0. The Kier molecular flexibility index (Phi) is 2.04. The lowest BCUT2D eigenvalue weighted by Gasteiger charge is -1.96. The SMILES string of the molecule is C=C=Cc1nc(F)ccc1N. The van der Waals surface area contributed by atoms with E-state index in [2.05, 4.69) is 17.3 Å². The predicted molar refractivity (Wildman–Crippen MR) is 42.2 cm³/mol. The number of nitrogen functional groups attached to an aromatic ring is 1. The van der Waals surface area contributed by atoms with Crippen LogP contribution in [0.2, 0.25) is 0 Å². The van der Waals surface area contributed by atoms with Gasteiger partial charge in [-0.1, -0.05) is 6.58 Å². The maximum absolute atomic E-state index is 12.4. The lowest BCUT2D eigenvalue weighted by Crippen LogP contribution is -1.94. The molecule has 1 rings (SSSR count). The first-order valence-corrected chi connectivity index (χ1v) is 3.02. The highest BCUT2D eigenvalue weighted by atomic mass is 19.1. The molecule has 3 heteroatoms. The van der Waals surface area contributed by atoms with Gasteiger partial charge in [-0.05, 0) is 12.1 Å². The van der Waals surface area contributed by atoms with E-state index < -0.39 is 5.95 Å². The minimum atomic E-state index is -0.555. The summed E-state index contributed by atoms with van der Waals surface area (Å²) in [6, 6.07) is 2.65. The van der Waals surface area contributed by atoms with Crippen molar-refractivity contribution in [3.05, 3.63) is 36.1 Å². The van der Waals surface area contributed by atoms with Gasteiger partial charge in [-0.3, -0.25) is 0 Å². The largest absolute Gasteiger partial charge is 0.397 e. The number of anilines is 1. The number of halogens is 1. The summed E-state index contributed by atoms with van der Waals surface area (Å²) >= 11 is 0. The van der Waals surface area contributed by atoms with Crippen LogP contribution in [-0.2, 0) is 0 Å². The van der Waals surface area contributed by atoms with Gasteiger partial charge in [0.2, 0.25) is 5.95 Å². The molecule has 0 unspecified atom stereocenters. The monoisotopic (exact) mass is 150 g/mol. The fourth-order valence-electron chi connectivity index (χ4n) is 0.673. The average Bonchev–Trinajstić information content (AvgIpc) is 1.98. The third-order valence-corrected chi connectivity index (χ3v) is 1.16. The molecular weight excluding hydrogens is 143 g/mol. The molecule has 0 saturated heterocycles. The molecule has 0 saturated carbocycles. The summed E-state index contributed by atoms with van der Waals surface area (Å²) in [5, 5.41) is 0. The molecule has 1 aromatic rings. The molecule has 2 N–H and O–H groups in total. The molecule has 1 aromatic heterocycles. The van der Waals surface area contributed by atoms with E-state index in [1.807, 2.05) is 0 Å². The van der Waals surface area contributed by atoms with E-state index in [9.17, 15) is 4.39 Å². The Morgan fingerprint density at radius 3 is 3.00 bits per heavy atom. The molecule has 2 nitrogen and oxygen atoms in total. The highest BCUT2D eigenvalue weighted by Crippen LogP contribution is 2.09. The van der Waals surface area contributed by atoms with Crippen molar-refractivity contribution in [2.45, 2.75) is 0 Å². The summed E-state index contributed by atoms with van der Waals surface area (Å²) < 4.78 is 12.4. The van der Waals surface area contributed by atoms with Gasteiger partial charge in [0, 0.05) is 6.08 Å². The van der Waals surface area contributed by atoms with E-state index >= 15 is 0 Å². The summed E-state index contributed by atoms with van der Waals surface area (Å²) in [6.45, 7) is 3.33. The van der Waals surface area contributed by atoms with Crippen molar-refractivity contribution >= 4 is 11.8 Å². The number of pyridine rings is 1. The van der Waals surface area contributed by atoms with Crippen LogP contribution in [-0.4, -0.2) is 4.98 Å². The van der Waals surface area contributed by atoms with Gasteiger partial charge in [0.1, 0.15) is 0 Å². The summed E-state index contributed by atoms with van der Waals surface area (Å²) in [6.07, 6.45) is 1.43. The number of hydrogen-bond donors (Lipinski definition) is 1. The number of nitrogens with zero attached hydrogens (tertiary/aromatic N) is 1. The van der Waals surface area contributed by atoms with Gasteiger partial charge in [0.05, 0.1) is 11.4 Å². The molecule has 56 valence electrons. The first-order valence-electron chi connectivity index (χ1n) is 3.02. The van der Waals surface area contributed by atoms with Crippen molar-refractivity contribution in [2.24, 2.45) is 0 Å². The highest BCUT2D eigenvalue weighted by Gasteiger charge is 1.97. The van der Waals surface area contributed by atoms with Crippen molar-refractivity contribution in [1.29, 1.82) is 0 Å². The van der Waals surface area contributed by atoms with Crippen molar-refractivity contribution < 1.29 is 4.39 Å². The maximum Gasteiger partial charge on any atom is 0.213 e. The van der Waals surface area contributed by atoms with Crippen molar-refractivity contribution in [2.75, 3.05) is 5.73 Å². The zero-order valence-corrected chi connectivity index (χ0v) is 5.84. The lowest BCUT2D eigenvalue weighted by atomic mass is 10.3. The van der Waals surface area contributed by atoms with Gasteiger partial charge in [0.15, 0.2) is 0 Å². The molecule has 0 aliphatic rings. The minimum Gasteiger partial charge on any atom is -0.397 e. The second-order valence-electron chi connectivity index (χ2n) is 1.96. The Morgan fingerprint density at radius 2 is 2.36 bits per heavy atom. The minimum absolute atomic E-state index is 0.361. The molecule has 0 atom stereocenters. The summed E-state index contributed by atoms with van der Waals surface area (Å²) in [4.78, 5) is 3.51. The highest BCUT2D eigenvalue weighted by molar-refractivity contribution is 5.59. The molecule has 0 aliphatic carbocycles. The third-order valence-electron chi connectivity index (χ3n) is 1.16. The van der Waals surface area contributed by atoms with Crippen LogP contribution in [0.25, 0.3) is 6.08 Å². The Morgan fingerprint density at radius 1 is 1.64 bits per heavy atom. The molecule has 0 spiro atoms. The zero-order valence-electron chi connectivity index (χ0n) is 5.84. The fraction of sp³-hybridized carbons (Fsp3) is 0. The van der Waals surface area contributed by atoms with Gasteiger partial charge in [-0.25, -0.2) is 4.98 Å². The van der Waals surface area contributed by atoms with Crippen LogP contribution in [0.15, 0.2) is 24.4 Å². The van der Waals surface area contributed by atoms with Crippen LogP contribution in [0.3, 0.4) is 0 Å². The molecule has 0 aliphatic heterocycles. The van der Waals surface area contributed by atoms with E-state index in [0.29, 0.717) is 11.4 Å². The quantitative estimate of drug-likeness (QED) is 0.487. The maximum atomic E-state index is 12.4. The second kappa shape index (κ2) is 2.99. The number of hydrogen-bond acceptors (Lipinski definition) is 2. The van der Waals surface area contributed by atoms with Crippen LogP contribution in [0.4, 0.5) is 10.1 Å². The smallest absolute Gasteiger partial charge is 0.213 e. The molecule has 0 fully saturated rings. The first-order chi connectivity index (χ1) is 5.24. The second-order valence-corrected chi connectivity index (χ2v) is 1.96. The van der Waals surface area contributed by atoms with E-state index in [1.54, 1.807) is 0 Å². The number of aromatic nitrogens is 1. The van der Waals surface area contributed by atoms with Crippen LogP contribution >= 0.6 is 0 Å². The molecule has 0 radical (unpaired) electrons. The predicted octanol–water partition coefficient (Wildman–Crippen LogP) is 1.60. The zero-order chi connectivity index (χ0) is 8.27. The average molecular weight is 150 g/mol. The van der Waals surface area contributed by atoms with Crippen molar-refractivity contribution in [3.63, 3.8) is 0 Å². The van der Waals surface area contributed by atoms with Gasteiger partial charge < -0.3 is 5.73 Å². The van der Waals surface area contributed by atoms with E-state index in [1.165, 1.54) is 18.2 Å². The molecule has 0 bridgehead atoms. The Hall–Kier alpha value is -1.60. The standard InChI is InChI=1S/C8H7FN2/c1-2-3-7-6(10)4-5-8(9)11-7/h3-5H,1,10H2. The van der Waals surface area contributed by atoms with E-state index in [0.717, 1.165) is 0 Å². The summed E-state index contributed by atoms with van der Waals surface area (Å²) in [5.74, 6) is -0.555. The lowest BCUT2D eigenvalue weighted by molar-refractivity contribution is 0.583. The molecule has 0 amide bonds. The van der Waals surface area contributed by atoms with Crippen LogP contribution in [0.1, 0.15) is 5.69 Å². The van der Waals surface area contributed by atoms with Crippen LogP contribution in [0, 0.1) is 5.95 Å². The van der Waals surface area contributed by atoms with E-state index in [-0.39, 0.29) is 0 Å². The molecular formula is C8H7FN2. The fourth-order valence-corrected chi connectivity index (χ4v) is 0.673. The van der Waals surface area contributed by atoms with Crippen LogP contribution < -0.4 is 5.73 Å². The van der Waals surface area contributed by atoms with Crippen molar-refractivity contribution in [3.8, 4) is 0 Å². The van der Waals surface area contributed by atoms with Gasteiger partial charge >= 0.3 is 0 Å². The van der Waals surface area contributed by atoms with Gasteiger partial charge in [-0.2, -0.15) is 4.39 Å². The van der Waals surface area contributed by atoms with Gasteiger partial charge in [-0.15, -0.1) is 5.73 Å². The number of nitrogens with two attached hydrogens (primary N) is 1. The Labute approximate surface area is 63.9 Å². The normalized spacial score (nSPS) is 8.82. The first kappa shape index (κ1) is 7.51. The van der Waals surface area contributed by atoms with E-state index in [4.69, 9.17) is 5.73 Å². The molecule has 1 heterocycles. The third kappa shape index (κ3) is 1.66. The summed E-state index contributed by atoms with van der Waals surface area (Å²) in [5.41, 5.74) is 8.70. The van der Waals surface area contributed by atoms with Crippen LogP contribution in [0.5, 0.6) is 0 Å². The Bertz CT molecular complexity index is 314. The van der Waals surface area contributed by atoms with Gasteiger partial charge in [0.25, 0.3) is 0 Å². The molecule has 11 heavy (non-hydrogen) atoms. The Balaban J connectivity index is 3.22.